The number of fused-ring (bicyclic) bond motifs is 1. The van der Waals surface area contributed by atoms with E-state index in [1.807, 2.05) is 24.3 Å². The molecule has 1 aromatic carbocycles. The van der Waals surface area contributed by atoms with Gasteiger partial charge in [-0.2, -0.15) is 0 Å². The maximum Gasteiger partial charge on any atom is 0.215 e. The predicted octanol–water partition coefficient (Wildman–Crippen LogP) is 3.80. The van der Waals surface area contributed by atoms with Gasteiger partial charge in [0.2, 0.25) is 5.88 Å². The molecule has 0 amide bonds. The molecule has 1 aliphatic rings. The minimum atomic E-state index is 0.0338. The number of halogens is 1. The third-order valence-electron chi connectivity index (χ3n) is 2.65. The molecule has 3 N–H and O–H groups in total. The summed E-state index contributed by atoms with van der Waals surface area (Å²) >= 11 is 8.32. The van der Waals surface area contributed by atoms with Gasteiger partial charge in [0, 0.05) is 21.8 Å². The second-order valence-corrected chi connectivity index (χ2v) is 5.18. The van der Waals surface area contributed by atoms with Crippen molar-refractivity contribution in [3.63, 3.8) is 0 Å². The lowest BCUT2D eigenvalue weighted by Crippen LogP contribution is -1.81. The van der Waals surface area contributed by atoms with Crippen LogP contribution in [0.4, 0.5) is 5.69 Å². The molecule has 6 heteroatoms. The molecule has 2 aromatic rings. The van der Waals surface area contributed by atoms with E-state index in [-0.39, 0.29) is 5.88 Å². The molecule has 0 fully saturated rings. The van der Waals surface area contributed by atoms with Gasteiger partial charge in [0.25, 0.3) is 0 Å². The van der Waals surface area contributed by atoms with Crippen molar-refractivity contribution in [1.82, 2.24) is 9.97 Å². The maximum atomic E-state index is 9.63. The fourth-order valence-corrected chi connectivity index (χ4v) is 2.38. The number of hydrogen-bond donors (Lipinski definition) is 3. The van der Waals surface area contributed by atoms with Gasteiger partial charge in [-0.05, 0) is 30.4 Å². The first kappa shape index (κ1) is 11.4. The molecule has 18 heavy (non-hydrogen) atoms. The number of nitrogens with zero attached hydrogens (tertiary/aromatic N) is 1. The summed E-state index contributed by atoms with van der Waals surface area (Å²) in [6, 6.07) is 5.89. The van der Waals surface area contributed by atoms with Crippen LogP contribution in [0.5, 0.6) is 5.88 Å². The first-order valence-corrected chi connectivity index (χ1v) is 6.40. The molecular formula is C12H8BrN3OS. The molecular weight excluding hydrogens is 314 g/mol. The first-order valence-electron chi connectivity index (χ1n) is 5.20. The highest BCUT2D eigenvalue weighted by Gasteiger charge is 2.13. The molecule has 0 bridgehead atoms. The fourth-order valence-electron chi connectivity index (χ4n) is 1.83. The SMILES string of the molecule is Oc1[nH]c(=S)[nH]c1C=C1C=Nc2cc(Br)ccc21. The average Bonchev–Trinajstić information content (AvgIpc) is 2.84. The zero-order chi connectivity index (χ0) is 12.7. The van der Waals surface area contributed by atoms with E-state index in [2.05, 4.69) is 30.9 Å². The first-order chi connectivity index (χ1) is 8.63. The van der Waals surface area contributed by atoms with E-state index in [0.29, 0.717) is 10.5 Å². The molecule has 1 aromatic heterocycles. The van der Waals surface area contributed by atoms with Crippen LogP contribution in [0, 0.1) is 4.77 Å². The van der Waals surface area contributed by atoms with Crippen LogP contribution >= 0.6 is 28.1 Å². The number of H-pyrrole nitrogens is 2. The van der Waals surface area contributed by atoms with E-state index in [9.17, 15) is 5.11 Å². The van der Waals surface area contributed by atoms with Gasteiger partial charge in [-0.1, -0.05) is 22.0 Å². The van der Waals surface area contributed by atoms with E-state index in [4.69, 9.17) is 12.2 Å². The molecule has 2 heterocycles. The van der Waals surface area contributed by atoms with Crippen molar-refractivity contribution < 1.29 is 5.11 Å². The van der Waals surface area contributed by atoms with E-state index in [0.717, 1.165) is 21.3 Å². The van der Waals surface area contributed by atoms with Gasteiger partial charge in [0.15, 0.2) is 4.77 Å². The van der Waals surface area contributed by atoms with Crippen molar-refractivity contribution in [2.24, 2.45) is 4.99 Å². The van der Waals surface area contributed by atoms with Crippen molar-refractivity contribution in [3.8, 4) is 5.88 Å². The summed E-state index contributed by atoms with van der Waals surface area (Å²) in [5.41, 5.74) is 3.41. The summed E-state index contributed by atoms with van der Waals surface area (Å²) in [5.74, 6) is 0.0338. The molecule has 0 atom stereocenters. The second-order valence-electron chi connectivity index (χ2n) is 3.86. The Kier molecular flexibility index (Phi) is 2.68. The Labute approximate surface area is 116 Å². The van der Waals surface area contributed by atoms with Crippen LogP contribution in [0.2, 0.25) is 0 Å². The highest BCUT2D eigenvalue weighted by Crippen LogP contribution is 2.35. The lowest BCUT2D eigenvalue weighted by Gasteiger charge is -1.99. The molecule has 3 rings (SSSR count). The summed E-state index contributed by atoms with van der Waals surface area (Å²) in [5, 5.41) is 9.63. The van der Waals surface area contributed by atoms with Crippen LogP contribution in [0.1, 0.15) is 11.3 Å². The van der Waals surface area contributed by atoms with E-state index in [1.165, 1.54) is 0 Å². The monoisotopic (exact) mass is 321 g/mol. The van der Waals surface area contributed by atoms with Crippen molar-refractivity contribution in [2.45, 2.75) is 0 Å². The van der Waals surface area contributed by atoms with Gasteiger partial charge < -0.3 is 15.1 Å². The predicted molar refractivity (Wildman–Crippen MR) is 77.8 cm³/mol. The minimum Gasteiger partial charge on any atom is -0.493 e. The van der Waals surface area contributed by atoms with Gasteiger partial charge in [-0.25, -0.2) is 0 Å². The molecule has 0 aliphatic carbocycles. The number of imidazole rings is 1. The molecule has 90 valence electrons. The normalized spacial score (nSPS) is 15.3. The number of rotatable bonds is 1. The topological polar surface area (TPSA) is 64.2 Å². The van der Waals surface area contributed by atoms with Gasteiger partial charge in [-0.3, -0.25) is 4.99 Å². The smallest absolute Gasteiger partial charge is 0.215 e. The molecule has 1 aliphatic heterocycles. The van der Waals surface area contributed by atoms with Crippen molar-refractivity contribution in [2.75, 3.05) is 0 Å². The number of aromatic amines is 2. The Balaban J connectivity index is 2.09. The standard InChI is InChI=1S/C12H8BrN3OS/c13-7-1-2-8-6(5-14-9(8)4-7)3-10-11(17)16-12(18)15-10/h1-5,17H,(H2,15,16,18). The summed E-state index contributed by atoms with van der Waals surface area (Å²) in [6.45, 7) is 0. The lowest BCUT2D eigenvalue weighted by atomic mass is 10.1. The number of benzene rings is 1. The van der Waals surface area contributed by atoms with Gasteiger partial charge >= 0.3 is 0 Å². The minimum absolute atomic E-state index is 0.0338. The lowest BCUT2D eigenvalue weighted by molar-refractivity contribution is 0.455. The summed E-state index contributed by atoms with van der Waals surface area (Å²) < 4.78 is 1.38. The van der Waals surface area contributed by atoms with Crippen LogP contribution in [0.15, 0.2) is 27.7 Å². The molecule has 0 radical (unpaired) electrons. The van der Waals surface area contributed by atoms with Crippen LogP contribution in [0.3, 0.4) is 0 Å². The van der Waals surface area contributed by atoms with Crippen molar-refractivity contribution in [1.29, 1.82) is 0 Å². The third-order valence-corrected chi connectivity index (χ3v) is 3.35. The highest BCUT2D eigenvalue weighted by molar-refractivity contribution is 9.10. The maximum absolute atomic E-state index is 9.63. The second kappa shape index (κ2) is 4.22. The number of aromatic hydroxyl groups is 1. The van der Waals surface area contributed by atoms with Crippen LogP contribution in [-0.4, -0.2) is 21.3 Å². The zero-order valence-corrected chi connectivity index (χ0v) is 11.5. The summed E-state index contributed by atoms with van der Waals surface area (Å²) in [7, 11) is 0. The zero-order valence-electron chi connectivity index (χ0n) is 9.07. The van der Waals surface area contributed by atoms with Crippen molar-refractivity contribution >= 4 is 51.7 Å². The molecule has 0 unspecified atom stereocenters. The summed E-state index contributed by atoms with van der Waals surface area (Å²) in [6.07, 6.45) is 3.57. The molecule has 0 spiro atoms. The Morgan fingerprint density at radius 1 is 1.33 bits per heavy atom. The number of aliphatic imine (C=N–C) groups is 1. The molecule has 4 nitrogen and oxygen atoms in total. The largest absolute Gasteiger partial charge is 0.493 e. The number of hydrogen-bond acceptors (Lipinski definition) is 3. The summed E-state index contributed by atoms with van der Waals surface area (Å²) in [4.78, 5) is 9.83. The van der Waals surface area contributed by atoms with E-state index >= 15 is 0 Å². The van der Waals surface area contributed by atoms with Crippen LogP contribution in [-0.2, 0) is 0 Å². The van der Waals surface area contributed by atoms with Crippen molar-refractivity contribution in [3.05, 3.63) is 38.7 Å². The number of aromatic nitrogens is 2. The number of allylic oxidation sites excluding steroid dienone is 1. The number of nitrogens with one attached hydrogen (secondary N) is 2. The Bertz CT molecular complexity index is 742. The van der Waals surface area contributed by atoms with Crippen LogP contribution in [0.25, 0.3) is 11.6 Å². The third kappa shape index (κ3) is 1.93. The highest BCUT2D eigenvalue weighted by atomic mass is 79.9. The molecule has 0 saturated carbocycles. The average molecular weight is 322 g/mol. The fraction of sp³-hybridized carbons (Fsp3) is 0. The molecule has 0 saturated heterocycles. The Hall–Kier alpha value is -1.66. The van der Waals surface area contributed by atoms with Crippen LogP contribution < -0.4 is 0 Å². The quantitative estimate of drug-likeness (QED) is 0.699. The van der Waals surface area contributed by atoms with Gasteiger partial charge in [-0.15, -0.1) is 0 Å². The Morgan fingerprint density at radius 2 is 2.17 bits per heavy atom. The van der Waals surface area contributed by atoms with Gasteiger partial charge in [0.05, 0.1) is 5.69 Å². The van der Waals surface area contributed by atoms with Gasteiger partial charge in [0.1, 0.15) is 5.69 Å². The van der Waals surface area contributed by atoms with E-state index in [1.54, 1.807) is 6.21 Å². The Morgan fingerprint density at radius 3 is 2.89 bits per heavy atom. The van der Waals surface area contributed by atoms with E-state index < -0.39 is 0 Å².